The Bertz CT molecular complexity index is 821. The van der Waals surface area contributed by atoms with Gasteiger partial charge in [0.25, 0.3) is 0 Å². The van der Waals surface area contributed by atoms with Crippen molar-refractivity contribution in [3.8, 4) is 5.75 Å². The van der Waals surface area contributed by atoms with Crippen LogP contribution >= 0.6 is 0 Å². The molecule has 0 aliphatic heterocycles. The quantitative estimate of drug-likeness (QED) is 0.750. The standard InChI is InChI=1S/C19H18F3NO4/c1-2-16(12-5-3-6-13(9-12)19(20,21)22)18(26)23-14-7-4-8-15(10-14)27-11-17(24)25/h3-10,16H,2,11H2,1H3,(H,23,26)(H,24,25). The number of benzene rings is 2. The SMILES string of the molecule is CCC(C(=O)Nc1cccc(OCC(=O)O)c1)c1cccc(C(F)(F)F)c1. The number of rotatable bonds is 7. The number of amides is 1. The molecule has 2 aromatic carbocycles. The smallest absolute Gasteiger partial charge is 0.416 e. The molecular formula is C19H18F3NO4. The number of anilines is 1. The Labute approximate surface area is 153 Å². The molecule has 0 aliphatic rings. The van der Waals surface area contributed by atoms with Crippen molar-refractivity contribution in [2.75, 3.05) is 11.9 Å². The Hall–Kier alpha value is -3.03. The predicted molar refractivity (Wildman–Crippen MR) is 92.7 cm³/mol. The largest absolute Gasteiger partial charge is 0.482 e. The van der Waals surface area contributed by atoms with Gasteiger partial charge in [-0.3, -0.25) is 4.79 Å². The van der Waals surface area contributed by atoms with Crippen LogP contribution in [0, 0.1) is 0 Å². The zero-order valence-electron chi connectivity index (χ0n) is 14.4. The maximum Gasteiger partial charge on any atom is 0.416 e. The number of halogens is 3. The van der Waals surface area contributed by atoms with E-state index in [9.17, 15) is 22.8 Å². The van der Waals surface area contributed by atoms with E-state index in [0.29, 0.717) is 12.1 Å². The topological polar surface area (TPSA) is 75.6 Å². The summed E-state index contributed by atoms with van der Waals surface area (Å²) in [5.74, 6) is -2.12. The van der Waals surface area contributed by atoms with Crippen LogP contribution in [0.15, 0.2) is 48.5 Å². The van der Waals surface area contributed by atoms with Crippen LogP contribution in [0.1, 0.15) is 30.4 Å². The summed E-state index contributed by atoms with van der Waals surface area (Å²) in [5.41, 5.74) is -0.188. The first-order valence-electron chi connectivity index (χ1n) is 8.13. The van der Waals surface area contributed by atoms with Crippen LogP contribution in [0.2, 0.25) is 0 Å². The number of alkyl halides is 3. The highest BCUT2D eigenvalue weighted by molar-refractivity contribution is 5.96. The molecule has 5 nitrogen and oxygen atoms in total. The fourth-order valence-electron chi connectivity index (χ4n) is 2.54. The van der Waals surface area contributed by atoms with Crippen molar-refractivity contribution >= 4 is 17.6 Å². The first kappa shape index (κ1) is 20.3. The number of carbonyl (C=O) groups excluding carboxylic acids is 1. The third-order valence-corrected chi connectivity index (χ3v) is 3.80. The molecule has 0 spiro atoms. The van der Waals surface area contributed by atoms with Gasteiger partial charge in [0.2, 0.25) is 5.91 Å². The summed E-state index contributed by atoms with van der Waals surface area (Å²) in [7, 11) is 0. The van der Waals surface area contributed by atoms with E-state index in [1.54, 1.807) is 19.1 Å². The van der Waals surface area contributed by atoms with Gasteiger partial charge in [0.05, 0.1) is 11.5 Å². The average molecular weight is 381 g/mol. The second kappa shape index (κ2) is 8.57. The lowest BCUT2D eigenvalue weighted by atomic mass is 9.94. The minimum atomic E-state index is -4.49. The lowest BCUT2D eigenvalue weighted by Crippen LogP contribution is -2.21. The molecule has 0 aliphatic carbocycles. The normalized spacial score (nSPS) is 12.3. The van der Waals surface area contributed by atoms with Crippen LogP contribution in [-0.4, -0.2) is 23.6 Å². The molecule has 8 heteroatoms. The number of hydrogen-bond acceptors (Lipinski definition) is 3. The van der Waals surface area contributed by atoms with Gasteiger partial charge in [0, 0.05) is 11.8 Å². The number of hydrogen-bond donors (Lipinski definition) is 2. The summed E-state index contributed by atoms with van der Waals surface area (Å²) in [5, 5.41) is 11.3. The van der Waals surface area contributed by atoms with Crippen LogP contribution in [0.5, 0.6) is 5.75 Å². The molecular weight excluding hydrogens is 363 g/mol. The Balaban J connectivity index is 2.16. The summed E-state index contributed by atoms with van der Waals surface area (Å²) in [6, 6.07) is 10.8. The number of aliphatic carboxylic acids is 1. The number of carboxylic acids is 1. The van der Waals surface area contributed by atoms with E-state index in [1.165, 1.54) is 24.3 Å². The van der Waals surface area contributed by atoms with Crippen molar-refractivity contribution in [1.82, 2.24) is 0 Å². The highest BCUT2D eigenvalue weighted by Crippen LogP contribution is 2.32. The average Bonchev–Trinajstić information content (AvgIpc) is 2.60. The van der Waals surface area contributed by atoms with E-state index in [-0.39, 0.29) is 11.3 Å². The van der Waals surface area contributed by atoms with Gasteiger partial charge in [0.1, 0.15) is 5.75 Å². The molecule has 0 heterocycles. The van der Waals surface area contributed by atoms with Crippen molar-refractivity contribution in [2.45, 2.75) is 25.4 Å². The third-order valence-electron chi connectivity index (χ3n) is 3.80. The third kappa shape index (κ3) is 5.73. The van der Waals surface area contributed by atoms with Gasteiger partial charge in [-0.25, -0.2) is 4.79 Å². The molecule has 0 bridgehead atoms. The van der Waals surface area contributed by atoms with E-state index < -0.39 is 36.1 Å². The molecule has 2 aromatic rings. The maximum atomic E-state index is 12.9. The summed E-state index contributed by atoms with van der Waals surface area (Å²) in [6.45, 7) is 1.18. The first-order chi connectivity index (χ1) is 12.7. The molecule has 0 aromatic heterocycles. The Morgan fingerprint density at radius 3 is 2.48 bits per heavy atom. The molecule has 2 N–H and O–H groups in total. The Kier molecular flexibility index (Phi) is 6.44. The lowest BCUT2D eigenvalue weighted by Gasteiger charge is -2.17. The van der Waals surface area contributed by atoms with E-state index in [2.05, 4.69) is 5.32 Å². The van der Waals surface area contributed by atoms with Gasteiger partial charge < -0.3 is 15.2 Å². The van der Waals surface area contributed by atoms with E-state index >= 15 is 0 Å². The van der Waals surface area contributed by atoms with E-state index in [0.717, 1.165) is 12.1 Å². The number of ether oxygens (including phenoxy) is 1. The molecule has 144 valence electrons. The van der Waals surface area contributed by atoms with Crippen molar-refractivity contribution < 1.29 is 32.6 Å². The van der Waals surface area contributed by atoms with Crippen LogP contribution in [-0.2, 0) is 15.8 Å². The van der Waals surface area contributed by atoms with Crippen LogP contribution in [0.4, 0.5) is 18.9 Å². The van der Waals surface area contributed by atoms with Crippen molar-refractivity contribution in [1.29, 1.82) is 0 Å². The van der Waals surface area contributed by atoms with E-state index in [4.69, 9.17) is 9.84 Å². The first-order valence-corrected chi connectivity index (χ1v) is 8.13. The minimum Gasteiger partial charge on any atom is -0.482 e. The van der Waals surface area contributed by atoms with Crippen LogP contribution in [0.3, 0.4) is 0 Å². The summed E-state index contributed by atoms with van der Waals surface area (Å²) in [6.07, 6.45) is -4.18. The maximum absolute atomic E-state index is 12.9. The molecule has 1 atom stereocenters. The fourth-order valence-corrected chi connectivity index (χ4v) is 2.54. The van der Waals surface area contributed by atoms with Gasteiger partial charge in [0.15, 0.2) is 6.61 Å². The molecule has 27 heavy (non-hydrogen) atoms. The zero-order chi connectivity index (χ0) is 20.0. The lowest BCUT2D eigenvalue weighted by molar-refractivity contribution is -0.139. The van der Waals surface area contributed by atoms with Crippen molar-refractivity contribution in [3.05, 3.63) is 59.7 Å². The molecule has 1 amide bonds. The zero-order valence-corrected chi connectivity index (χ0v) is 14.4. The molecule has 2 rings (SSSR count). The van der Waals surface area contributed by atoms with E-state index in [1.807, 2.05) is 0 Å². The van der Waals surface area contributed by atoms with Gasteiger partial charge >= 0.3 is 12.1 Å². The van der Waals surface area contributed by atoms with Crippen LogP contribution < -0.4 is 10.1 Å². The second-order valence-electron chi connectivity index (χ2n) is 5.78. The molecule has 1 unspecified atom stereocenters. The number of carbonyl (C=O) groups is 2. The van der Waals surface area contributed by atoms with Gasteiger partial charge in [-0.15, -0.1) is 0 Å². The number of nitrogens with one attached hydrogen (secondary N) is 1. The summed E-state index contributed by atoms with van der Waals surface area (Å²) < 4.78 is 43.7. The van der Waals surface area contributed by atoms with Crippen molar-refractivity contribution in [3.63, 3.8) is 0 Å². The van der Waals surface area contributed by atoms with Crippen molar-refractivity contribution in [2.24, 2.45) is 0 Å². The molecule has 0 saturated heterocycles. The molecule has 0 radical (unpaired) electrons. The highest BCUT2D eigenvalue weighted by Gasteiger charge is 2.31. The van der Waals surface area contributed by atoms with Gasteiger partial charge in [-0.1, -0.05) is 31.2 Å². The molecule has 0 fully saturated rings. The minimum absolute atomic E-state index is 0.252. The van der Waals surface area contributed by atoms with Gasteiger partial charge in [-0.05, 0) is 30.2 Å². The summed E-state index contributed by atoms with van der Waals surface area (Å²) in [4.78, 5) is 23.1. The van der Waals surface area contributed by atoms with Crippen LogP contribution in [0.25, 0.3) is 0 Å². The summed E-state index contributed by atoms with van der Waals surface area (Å²) >= 11 is 0. The number of carboxylic acid groups (broad SMARTS) is 1. The highest BCUT2D eigenvalue weighted by atomic mass is 19.4. The monoisotopic (exact) mass is 381 g/mol. The molecule has 0 saturated carbocycles. The fraction of sp³-hybridized carbons (Fsp3) is 0.263. The Morgan fingerprint density at radius 2 is 1.85 bits per heavy atom. The second-order valence-corrected chi connectivity index (χ2v) is 5.78. The predicted octanol–water partition coefficient (Wildman–Crippen LogP) is 4.30. The van der Waals surface area contributed by atoms with Gasteiger partial charge in [-0.2, -0.15) is 13.2 Å². The Morgan fingerprint density at radius 1 is 1.15 bits per heavy atom.